The van der Waals surface area contributed by atoms with Crippen LogP contribution in [-0.2, 0) is 16.4 Å². The fraction of sp³-hybridized carbons (Fsp3) is 0.235. The molecule has 0 saturated carbocycles. The van der Waals surface area contributed by atoms with Gasteiger partial charge in [0.05, 0.1) is 5.75 Å². The van der Waals surface area contributed by atoms with Gasteiger partial charge in [-0.3, -0.25) is 4.98 Å². The zero-order valence-electron chi connectivity index (χ0n) is 14.0. The fourth-order valence-corrected chi connectivity index (χ4v) is 4.62. The minimum absolute atomic E-state index is 0.0292. The molecule has 2 aromatic heterocycles. The van der Waals surface area contributed by atoms with Crippen molar-refractivity contribution >= 4 is 21.4 Å². The first-order valence-electron chi connectivity index (χ1n) is 8.07. The molecule has 1 aliphatic heterocycles. The number of hydrogen-bond donors (Lipinski definition) is 0. The topological polar surface area (TPSA) is 101 Å². The van der Waals surface area contributed by atoms with Gasteiger partial charge in [-0.05, 0) is 29.8 Å². The smallest absolute Gasteiger partial charge is 0.329 e. The monoisotopic (exact) mass is 405 g/mol. The number of nitrogens with zero attached hydrogens (tertiary/aromatic N) is 3. The van der Waals surface area contributed by atoms with Crippen molar-refractivity contribution in [3.8, 4) is 17.5 Å². The van der Waals surface area contributed by atoms with Crippen molar-refractivity contribution in [1.82, 2.24) is 14.3 Å². The molecule has 0 aliphatic carbocycles. The Labute approximate surface area is 159 Å². The van der Waals surface area contributed by atoms with Gasteiger partial charge in [0.15, 0.2) is 11.5 Å². The Hall–Kier alpha value is -2.72. The molecule has 0 radical (unpaired) electrons. The summed E-state index contributed by atoms with van der Waals surface area (Å²) in [7, 11) is -3.67. The Morgan fingerprint density at radius 1 is 1.15 bits per heavy atom. The number of hydrogen-bond acceptors (Lipinski definition) is 9. The molecule has 3 aromatic rings. The van der Waals surface area contributed by atoms with Gasteiger partial charge in [0.2, 0.25) is 14.2 Å². The lowest BCUT2D eigenvalue weighted by Crippen LogP contribution is -2.35. The van der Waals surface area contributed by atoms with E-state index in [-0.39, 0.29) is 29.3 Å². The number of aromatic nitrogens is 3. The van der Waals surface area contributed by atoms with Crippen molar-refractivity contribution in [2.24, 2.45) is 0 Å². The average molecular weight is 405 g/mol. The maximum atomic E-state index is 12.6. The van der Waals surface area contributed by atoms with E-state index in [2.05, 4.69) is 14.3 Å². The molecule has 0 N–H and O–H groups in total. The van der Waals surface area contributed by atoms with E-state index in [0.29, 0.717) is 11.5 Å². The zero-order chi connectivity index (χ0) is 18.7. The molecule has 10 heteroatoms. The Bertz CT molecular complexity index is 1020. The third-order valence-electron chi connectivity index (χ3n) is 3.74. The molecule has 140 valence electrons. The van der Waals surface area contributed by atoms with E-state index in [9.17, 15) is 8.42 Å². The number of pyridine rings is 1. The highest BCUT2D eigenvalue weighted by Crippen LogP contribution is 2.31. The molecule has 1 aromatic carbocycles. The normalized spacial score (nSPS) is 16.1. The van der Waals surface area contributed by atoms with Crippen molar-refractivity contribution in [1.29, 1.82) is 0 Å². The lowest BCUT2D eigenvalue weighted by Gasteiger charge is -2.25. The summed E-state index contributed by atoms with van der Waals surface area (Å²) in [6.07, 6.45) is 2.68. The van der Waals surface area contributed by atoms with Crippen LogP contribution in [-0.4, -0.2) is 41.2 Å². The minimum atomic E-state index is -3.67. The summed E-state index contributed by atoms with van der Waals surface area (Å²) in [6.45, 7) is 0.384. The number of para-hydroxylation sites is 2. The summed E-state index contributed by atoms with van der Waals surface area (Å²) in [4.78, 5) is 7.91. The van der Waals surface area contributed by atoms with E-state index in [1.54, 1.807) is 42.7 Å². The van der Waals surface area contributed by atoms with Crippen LogP contribution < -0.4 is 14.2 Å². The van der Waals surface area contributed by atoms with E-state index in [1.807, 2.05) is 6.07 Å². The first-order chi connectivity index (χ1) is 13.1. The second kappa shape index (κ2) is 7.49. The summed E-state index contributed by atoms with van der Waals surface area (Å²) in [5, 5.41) is 0. The number of fused-ring (bicyclic) bond motifs is 1. The molecule has 0 spiro atoms. The molecule has 0 amide bonds. The number of ether oxygens (including phenoxy) is 3. The molecule has 4 rings (SSSR count). The highest BCUT2D eigenvalue weighted by molar-refractivity contribution is 7.93. The van der Waals surface area contributed by atoms with Gasteiger partial charge in [0.1, 0.15) is 19.3 Å². The average Bonchev–Trinajstić information content (AvgIpc) is 3.17. The SMILES string of the molecule is O=S(=O)(CC1COc2ccccc2O1)c1nc(OCc2ccncc2)ns1. The Balaban J connectivity index is 1.40. The van der Waals surface area contributed by atoms with E-state index < -0.39 is 15.9 Å². The predicted octanol–water partition coefficient (Wildman–Crippen LogP) is 2.13. The summed E-state index contributed by atoms with van der Waals surface area (Å²) in [5.41, 5.74) is 0.885. The molecular weight excluding hydrogens is 390 g/mol. The molecule has 1 aliphatic rings. The molecule has 0 bridgehead atoms. The maximum Gasteiger partial charge on any atom is 0.329 e. The van der Waals surface area contributed by atoms with E-state index >= 15 is 0 Å². The summed E-state index contributed by atoms with van der Waals surface area (Å²) < 4.78 is 45.8. The molecule has 1 unspecified atom stereocenters. The van der Waals surface area contributed by atoms with Crippen molar-refractivity contribution in [2.75, 3.05) is 12.4 Å². The number of sulfone groups is 1. The Morgan fingerprint density at radius 3 is 2.74 bits per heavy atom. The highest BCUT2D eigenvalue weighted by atomic mass is 32.2. The molecule has 27 heavy (non-hydrogen) atoms. The lowest BCUT2D eigenvalue weighted by molar-refractivity contribution is 0.106. The van der Waals surface area contributed by atoms with Crippen molar-refractivity contribution in [2.45, 2.75) is 17.1 Å². The minimum Gasteiger partial charge on any atom is -0.486 e. The van der Waals surface area contributed by atoms with E-state index in [0.717, 1.165) is 17.1 Å². The molecule has 3 heterocycles. The quantitative estimate of drug-likeness (QED) is 0.615. The largest absolute Gasteiger partial charge is 0.486 e. The molecule has 8 nitrogen and oxygen atoms in total. The number of benzene rings is 1. The van der Waals surface area contributed by atoms with Gasteiger partial charge in [0.25, 0.3) is 0 Å². The van der Waals surface area contributed by atoms with Gasteiger partial charge in [-0.1, -0.05) is 12.1 Å². The molecule has 1 atom stereocenters. The first-order valence-corrected chi connectivity index (χ1v) is 10.5. The van der Waals surface area contributed by atoms with Crippen LogP contribution in [0.5, 0.6) is 17.5 Å². The molecule has 0 fully saturated rings. The maximum absolute atomic E-state index is 12.6. The van der Waals surface area contributed by atoms with Crippen molar-refractivity contribution in [3.05, 3.63) is 54.4 Å². The lowest BCUT2D eigenvalue weighted by atomic mass is 10.3. The summed E-state index contributed by atoms with van der Waals surface area (Å²) in [5.74, 6) is 0.886. The summed E-state index contributed by atoms with van der Waals surface area (Å²) in [6, 6.07) is 10.8. The third-order valence-corrected chi connectivity index (χ3v) is 6.66. The highest BCUT2D eigenvalue weighted by Gasteiger charge is 2.30. The Morgan fingerprint density at radius 2 is 1.93 bits per heavy atom. The van der Waals surface area contributed by atoms with E-state index in [4.69, 9.17) is 14.2 Å². The van der Waals surface area contributed by atoms with Crippen LogP contribution in [0.3, 0.4) is 0 Å². The first kappa shape index (κ1) is 17.7. The predicted molar refractivity (Wildman–Crippen MR) is 96.9 cm³/mol. The summed E-state index contributed by atoms with van der Waals surface area (Å²) >= 11 is 0.783. The van der Waals surface area contributed by atoms with Crippen molar-refractivity contribution in [3.63, 3.8) is 0 Å². The van der Waals surface area contributed by atoms with Crippen LogP contribution in [0.1, 0.15) is 5.56 Å². The second-order valence-corrected chi connectivity index (χ2v) is 8.73. The van der Waals surface area contributed by atoms with Crippen LogP contribution in [0.4, 0.5) is 0 Å². The zero-order valence-corrected chi connectivity index (χ0v) is 15.6. The third kappa shape index (κ3) is 4.17. The van der Waals surface area contributed by atoms with Crippen molar-refractivity contribution < 1.29 is 22.6 Å². The van der Waals surface area contributed by atoms with Gasteiger partial charge in [0, 0.05) is 23.9 Å². The fourth-order valence-electron chi connectivity index (χ4n) is 2.47. The van der Waals surface area contributed by atoms with Gasteiger partial charge in [-0.2, -0.15) is 4.98 Å². The van der Waals surface area contributed by atoms with Gasteiger partial charge in [-0.25, -0.2) is 8.42 Å². The Kier molecular flexibility index (Phi) is 4.90. The van der Waals surface area contributed by atoms with Crippen LogP contribution in [0.15, 0.2) is 53.1 Å². The molecular formula is C17H15N3O5S2. The van der Waals surface area contributed by atoms with Crippen LogP contribution in [0, 0.1) is 0 Å². The van der Waals surface area contributed by atoms with Crippen LogP contribution in [0.25, 0.3) is 0 Å². The molecule has 0 saturated heterocycles. The van der Waals surface area contributed by atoms with Gasteiger partial charge in [-0.15, -0.1) is 4.37 Å². The standard InChI is InChI=1S/C17H15N3O5S2/c21-27(22,11-13-10-23-14-3-1-2-4-15(14)25-13)17-19-16(20-26-17)24-9-12-5-7-18-8-6-12/h1-8,13H,9-11H2. The van der Waals surface area contributed by atoms with Crippen LogP contribution in [0.2, 0.25) is 0 Å². The van der Waals surface area contributed by atoms with E-state index in [1.165, 1.54) is 0 Å². The number of rotatable bonds is 6. The van der Waals surface area contributed by atoms with Gasteiger partial charge >= 0.3 is 6.01 Å². The second-order valence-electron chi connectivity index (χ2n) is 5.77. The van der Waals surface area contributed by atoms with Crippen LogP contribution >= 0.6 is 11.5 Å². The van der Waals surface area contributed by atoms with Gasteiger partial charge < -0.3 is 14.2 Å².